The van der Waals surface area contributed by atoms with Gasteiger partial charge in [0.2, 0.25) is 5.88 Å². The van der Waals surface area contributed by atoms with Crippen molar-refractivity contribution in [3.63, 3.8) is 0 Å². The minimum absolute atomic E-state index is 0.431. The van der Waals surface area contributed by atoms with Gasteiger partial charge < -0.3 is 10.5 Å². The highest BCUT2D eigenvalue weighted by atomic mass is 127. The average Bonchev–Trinajstić information content (AvgIpc) is 2.74. The lowest BCUT2D eigenvalue weighted by Crippen LogP contribution is -2.09. The number of ether oxygens (including phenoxy) is 1. The van der Waals surface area contributed by atoms with Gasteiger partial charge in [-0.1, -0.05) is 13.8 Å². The van der Waals surface area contributed by atoms with Gasteiger partial charge >= 0.3 is 0 Å². The Bertz CT molecular complexity index is 539. The van der Waals surface area contributed by atoms with Crippen LogP contribution in [-0.2, 0) is 0 Å². The summed E-state index contributed by atoms with van der Waals surface area (Å²) < 4.78 is 8.34. The molecule has 2 aromatic rings. The van der Waals surface area contributed by atoms with Crippen LogP contribution in [0.5, 0.6) is 5.88 Å². The van der Waals surface area contributed by atoms with E-state index in [2.05, 4.69) is 46.5 Å². The number of pyridine rings is 1. The van der Waals surface area contributed by atoms with E-state index in [1.54, 1.807) is 16.9 Å². The summed E-state index contributed by atoms with van der Waals surface area (Å²) in [5.41, 5.74) is 6.38. The van der Waals surface area contributed by atoms with Crippen molar-refractivity contribution < 1.29 is 4.74 Å². The average molecular weight is 358 g/mol. The fraction of sp³-hybridized carbons (Fsp3) is 0.333. The van der Waals surface area contributed by atoms with Crippen LogP contribution >= 0.6 is 22.6 Å². The van der Waals surface area contributed by atoms with E-state index in [1.807, 2.05) is 12.3 Å². The highest BCUT2D eigenvalue weighted by molar-refractivity contribution is 14.1. The molecule has 18 heavy (non-hydrogen) atoms. The third-order valence-corrected chi connectivity index (χ3v) is 2.77. The number of halogens is 1. The summed E-state index contributed by atoms with van der Waals surface area (Å²) in [7, 11) is 0. The Hall–Kier alpha value is -1.31. The van der Waals surface area contributed by atoms with Gasteiger partial charge in [0.1, 0.15) is 0 Å². The maximum absolute atomic E-state index is 5.84. The van der Waals surface area contributed by atoms with Crippen LogP contribution < -0.4 is 10.5 Å². The summed E-state index contributed by atoms with van der Waals surface area (Å²) in [4.78, 5) is 4.38. The molecule has 0 aliphatic rings. The molecule has 0 radical (unpaired) electrons. The Morgan fingerprint density at radius 3 is 2.83 bits per heavy atom. The molecular formula is C12H15IN4O. The minimum atomic E-state index is 0.431. The van der Waals surface area contributed by atoms with Gasteiger partial charge in [-0.15, -0.1) is 0 Å². The monoisotopic (exact) mass is 358 g/mol. The SMILES string of the molecule is CC(C)COc1nc(-n2cc(I)cn2)ccc1N. The second-order valence-electron chi connectivity index (χ2n) is 4.37. The molecular weight excluding hydrogens is 343 g/mol. The largest absolute Gasteiger partial charge is 0.476 e. The van der Waals surface area contributed by atoms with Crippen molar-refractivity contribution in [3.8, 4) is 11.7 Å². The lowest BCUT2D eigenvalue weighted by molar-refractivity contribution is 0.262. The maximum atomic E-state index is 5.84. The van der Waals surface area contributed by atoms with Crippen molar-refractivity contribution in [2.75, 3.05) is 12.3 Å². The van der Waals surface area contributed by atoms with Crippen molar-refractivity contribution in [3.05, 3.63) is 28.1 Å². The van der Waals surface area contributed by atoms with Gasteiger partial charge in [-0.05, 0) is 40.6 Å². The Balaban J connectivity index is 2.25. The van der Waals surface area contributed by atoms with Crippen LogP contribution in [0.25, 0.3) is 5.82 Å². The van der Waals surface area contributed by atoms with E-state index >= 15 is 0 Å². The molecule has 0 atom stereocenters. The Morgan fingerprint density at radius 2 is 2.22 bits per heavy atom. The zero-order valence-corrected chi connectivity index (χ0v) is 12.5. The first-order valence-electron chi connectivity index (χ1n) is 5.66. The summed E-state index contributed by atoms with van der Waals surface area (Å²) in [6.07, 6.45) is 3.67. The fourth-order valence-electron chi connectivity index (χ4n) is 1.36. The first kappa shape index (κ1) is 13.1. The molecule has 0 fully saturated rings. The molecule has 0 aromatic carbocycles. The first-order valence-corrected chi connectivity index (χ1v) is 6.74. The van der Waals surface area contributed by atoms with Gasteiger partial charge in [0.05, 0.1) is 22.1 Å². The molecule has 0 unspecified atom stereocenters. The molecule has 0 spiro atoms. The second kappa shape index (κ2) is 5.55. The van der Waals surface area contributed by atoms with Crippen molar-refractivity contribution in [2.45, 2.75) is 13.8 Å². The van der Waals surface area contributed by atoms with E-state index in [1.165, 1.54) is 0 Å². The van der Waals surface area contributed by atoms with E-state index in [-0.39, 0.29) is 0 Å². The summed E-state index contributed by atoms with van der Waals surface area (Å²) in [6.45, 7) is 4.75. The van der Waals surface area contributed by atoms with Crippen molar-refractivity contribution in [1.29, 1.82) is 0 Å². The molecule has 2 N–H and O–H groups in total. The molecule has 0 aliphatic carbocycles. The predicted octanol–water partition coefficient (Wildman–Crippen LogP) is 2.49. The van der Waals surface area contributed by atoms with Crippen LogP contribution in [0.15, 0.2) is 24.5 Å². The van der Waals surface area contributed by atoms with E-state index in [0.29, 0.717) is 29.9 Å². The molecule has 96 valence electrons. The van der Waals surface area contributed by atoms with Gasteiger partial charge in [0.25, 0.3) is 0 Å². The molecule has 0 amide bonds. The van der Waals surface area contributed by atoms with Gasteiger partial charge in [0.15, 0.2) is 5.82 Å². The third kappa shape index (κ3) is 3.12. The standard InChI is InChI=1S/C12H15IN4O/c1-8(2)7-18-12-10(14)3-4-11(16-12)17-6-9(13)5-15-17/h3-6,8H,7,14H2,1-2H3. The lowest BCUT2D eigenvalue weighted by atomic mass is 10.2. The molecule has 2 heterocycles. The van der Waals surface area contributed by atoms with Crippen LogP contribution in [0.2, 0.25) is 0 Å². The van der Waals surface area contributed by atoms with Gasteiger partial charge in [-0.25, -0.2) is 4.68 Å². The third-order valence-electron chi connectivity index (χ3n) is 2.21. The van der Waals surface area contributed by atoms with Crippen molar-refractivity contribution >= 4 is 28.3 Å². The fourth-order valence-corrected chi connectivity index (χ4v) is 1.74. The maximum Gasteiger partial charge on any atom is 0.239 e. The highest BCUT2D eigenvalue weighted by Crippen LogP contribution is 2.21. The van der Waals surface area contributed by atoms with Gasteiger partial charge in [-0.2, -0.15) is 10.1 Å². The molecule has 6 heteroatoms. The molecule has 0 saturated carbocycles. The number of anilines is 1. The van der Waals surface area contributed by atoms with Crippen molar-refractivity contribution in [2.24, 2.45) is 5.92 Å². The summed E-state index contributed by atoms with van der Waals surface area (Å²) in [5.74, 6) is 1.60. The molecule has 2 rings (SSSR count). The predicted molar refractivity (Wildman–Crippen MR) is 78.8 cm³/mol. The van der Waals surface area contributed by atoms with Crippen LogP contribution in [0.3, 0.4) is 0 Å². The minimum Gasteiger partial charge on any atom is -0.476 e. The van der Waals surface area contributed by atoms with E-state index < -0.39 is 0 Å². The zero-order chi connectivity index (χ0) is 13.1. The van der Waals surface area contributed by atoms with Crippen LogP contribution in [-0.4, -0.2) is 21.4 Å². The van der Waals surface area contributed by atoms with Crippen molar-refractivity contribution in [1.82, 2.24) is 14.8 Å². The molecule has 0 aliphatic heterocycles. The lowest BCUT2D eigenvalue weighted by Gasteiger charge is -2.11. The molecule has 0 saturated heterocycles. The summed E-state index contributed by atoms with van der Waals surface area (Å²) >= 11 is 2.20. The number of rotatable bonds is 4. The van der Waals surface area contributed by atoms with E-state index in [0.717, 1.165) is 3.57 Å². The Morgan fingerprint density at radius 1 is 1.44 bits per heavy atom. The number of aromatic nitrogens is 3. The highest BCUT2D eigenvalue weighted by Gasteiger charge is 2.07. The number of hydrogen-bond acceptors (Lipinski definition) is 4. The van der Waals surface area contributed by atoms with E-state index in [4.69, 9.17) is 10.5 Å². The van der Waals surface area contributed by atoms with Crippen LogP contribution in [0, 0.1) is 9.49 Å². The number of hydrogen-bond donors (Lipinski definition) is 1. The smallest absolute Gasteiger partial charge is 0.239 e. The van der Waals surface area contributed by atoms with E-state index in [9.17, 15) is 0 Å². The molecule has 0 bridgehead atoms. The van der Waals surface area contributed by atoms with Crippen LogP contribution in [0.1, 0.15) is 13.8 Å². The number of nitrogens with zero attached hydrogens (tertiary/aromatic N) is 3. The summed E-state index contributed by atoms with van der Waals surface area (Å²) in [6, 6.07) is 3.60. The summed E-state index contributed by atoms with van der Waals surface area (Å²) in [5, 5.41) is 4.20. The first-order chi connectivity index (χ1) is 8.56. The van der Waals surface area contributed by atoms with Gasteiger partial charge in [0, 0.05) is 6.20 Å². The van der Waals surface area contributed by atoms with Crippen LogP contribution in [0.4, 0.5) is 5.69 Å². The normalized spacial score (nSPS) is 10.9. The number of nitrogens with two attached hydrogens (primary N) is 1. The second-order valence-corrected chi connectivity index (χ2v) is 5.62. The number of nitrogen functional groups attached to an aromatic ring is 1. The Kier molecular flexibility index (Phi) is 4.05. The zero-order valence-electron chi connectivity index (χ0n) is 10.3. The Labute approximate surface area is 119 Å². The molecule has 2 aromatic heterocycles. The molecule has 5 nitrogen and oxygen atoms in total. The quantitative estimate of drug-likeness (QED) is 0.853. The topological polar surface area (TPSA) is 66.0 Å². The van der Waals surface area contributed by atoms with Gasteiger partial charge in [-0.3, -0.25) is 0 Å².